The molecule has 0 saturated carbocycles. The third-order valence-electron chi connectivity index (χ3n) is 4.40. The van der Waals surface area contributed by atoms with Crippen molar-refractivity contribution in [3.63, 3.8) is 0 Å². The number of anilines is 3. The summed E-state index contributed by atoms with van der Waals surface area (Å²) in [5.41, 5.74) is 1.96. The van der Waals surface area contributed by atoms with E-state index in [1.54, 1.807) is 18.2 Å². The Bertz CT molecular complexity index is 1190. The van der Waals surface area contributed by atoms with Gasteiger partial charge >= 0.3 is 0 Å². The molecule has 1 aliphatic heterocycles. The van der Waals surface area contributed by atoms with Crippen molar-refractivity contribution in [1.29, 1.82) is 5.26 Å². The van der Waals surface area contributed by atoms with Gasteiger partial charge in [-0.25, -0.2) is 17.5 Å². The number of alkyl halides is 1. The lowest BCUT2D eigenvalue weighted by Crippen LogP contribution is -2.29. The lowest BCUT2D eigenvalue weighted by Gasteiger charge is -2.32. The maximum absolute atomic E-state index is 12.9. The Labute approximate surface area is 166 Å². The topological polar surface area (TPSA) is 108 Å². The van der Waals surface area contributed by atoms with Gasteiger partial charge in [-0.05, 0) is 29.8 Å². The number of hydrogen-bond acceptors (Lipinski definition) is 7. The number of aromatic nitrogens is 1. The highest BCUT2D eigenvalue weighted by molar-refractivity contribution is 7.92. The molecule has 0 spiro atoms. The smallest absolute Gasteiger partial charge is 0.264 e. The number of halogens is 1. The van der Waals surface area contributed by atoms with Gasteiger partial charge in [0.25, 0.3) is 10.0 Å². The van der Waals surface area contributed by atoms with Crippen LogP contribution in [0.5, 0.6) is 5.75 Å². The molecule has 0 bridgehead atoms. The number of ether oxygens (including phenoxy) is 1. The molecule has 0 fully saturated rings. The van der Waals surface area contributed by atoms with Crippen molar-refractivity contribution in [2.75, 3.05) is 22.8 Å². The first-order chi connectivity index (χ1) is 14.0. The minimum Gasteiger partial charge on any atom is -0.489 e. The summed E-state index contributed by atoms with van der Waals surface area (Å²) in [6.07, 6.45) is 1.33. The van der Waals surface area contributed by atoms with Crippen LogP contribution in [0.15, 0.2) is 58.1 Å². The summed E-state index contributed by atoms with van der Waals surface area (Å²) in [5.74, 6) is 0.354. The molecule has 148 valence electrons. The van der Waals surface area contributed by atoms with Crippen LogP contribution in [-0.4, -0.2) is 26.7 Å². The molecule has 8 nitrogen and oxygen atoms in total. The SMILES string of the molecule is N#Cc1cc(CF)ccc1N1CCOc2cc(S(=O)(=O)Nc3ccno3)ccc21. The van der Waals surface area contributed by atoms with Crippen LogP contribution in [-0.2, 0) is 16.7 Å². The van der Waals surface area contributed by atoms with Gasteiger partial charge in [0.05, 0.1) is 34.6 Å². The summed E-state index contributed by atoms with van der Waals surface area (Å²) in [6, 6.07) is 12.7. The second-order valence-electron chi connectivity index (χ2n) is 6.21. The van der Waals surface area contributed by atoms with Crippen LogP contribution >= 0.6 is 0 Å². The van der Waals surface area contributed by atoms with Gasteiger partial charge in [-0.1, -0.05) is 11.2 Å². The monoisotopic (exact) mass is 414 g/mol. The molecular weight excluding hydrogens is 399 g/mol. The van der Waals surface area contributed by atoms with Crippen molar-refractivity contribution in [3.05, 3.63) is 59.8 Å². The third kappa shape index (κ3) is 3.60. The minimum absolute atomic E-state index is 0.00289. The van der Waals surface area contributed by atoms with Gasteiger partial charge in [0.2, 0.25) is 5.88 Å². The Morgan fingerprint density at radius 2 is 2.03 bits per heavy atom. The number of rotatable bonds is 5. The van der Waals surface area contributed by atoms with E-state index in [-0.39, 0.29) is 10.8 Å². The molecule has 1 aliphatic rings. The number of sulfonamides is 1. The third-order valence-corrected chi connectivity index (χ3v) is 5.75. The Kier molecular flexibility index (Phi) is 4.82. The van der Waals surface area contributed by atoms with Crippen molar-refractivity contribution in [3.8, 4) is 11.8 Å². The molecule has 1 N–H and O–H groups in total. The summed E-state index contributed by atoms with van der Waals surface area (Å²) in [5, 5.41) is 12.9. The second-order valence-corrected chi connectivity index (χ2v) is 7.89. The Morgan fingerprint density at radius 3 is 2.76 bits per heavy atom. The number of fused-ring (bicyclic) bond motifs is 1. The molecule has 2 heterocycles. The first kappa shape index (κ1) is 18.8. The minimum atomic E-state index is -3.90. The van der Waals surface area contributed by atoms with Gasteiger partial charge in [0, 0.05) is 12.1 Å². The van der Waals surface area contributed by atoms with Crippen molar-refractivity contribution in [2.24, 2.45) is 0 Å². The van der Waals surface area contributed by atoms with Crippen LogP contribution in [0, 0.1) is 11.3 Å². The number of benzene rings is 2. The fourth-order valence-electron chi connectivity index (χ4n) is 3.07. The first-order valence-corrected chi connectivity index (χ1v) is 10.1. The van der Waals surface area contributed by atoms with Crippen molar-refractivity contribution < 1.29 is 22.1 Å². The van der Waals surface area contributed by atoms with E-state index < -0.39 is 16.7 Å². The highest BCUT2D eigenvalue weighted by atomic mass is 32.2. The average Bonchev–Trinajstić information content (AvgIpc) is 3.24. The van der Waals surface area contributed by atoms with Gasteiger partial charge in [-0.2, -0.15) is 5.26 Å². The number of nitrogens with one attached hydrogen (secondary N) is 1. The molecule has 3 aromatic rings. The van der Waals surface area contributed by atoms with E-state index in [2.05, 4.69) is 15.9 Å². The molecule has 0 atom stereocenters. The predicted molar refractivity (Wildman–Crippen MR) is 102 cm³/mol. The first-order valence-electron chi connectivity index (χ1n) is 8.59. The highest BCUT2D eigenvalue weighted by Crippen LogP contribution is 2.39. The lowest BCUT2D eigenvalue weighted by molar-refractivity contribution is 0.313. The van der Waals surface area contributed by atoms with E-state index in [1.807, 2.05) is 4.90 Å². The predicted octanol–water partition coefficient (Wildman–Crippen LogP) is 3.35. The van der Waals surface area contributed by atoms with E-state index in [4.69, 9.17) is 9.26 Å². The molecule has 0 unspecified atom stereocenters. The second kappa shape index (κ2) is 7.44. The quantitative estimate of drug-likeness (QED) is 0.682. The van der Waals surface area contributed by atoms with Crippen LogP contribution in [0.1, 0.15) is 11.1 Å². The lowest BCUT2D eigenvalue weighted by atomic mass is 10.1. The van der Waals surface area contributed by atoms with E-state index >= 15 is 0 Å². The van der Waals surface area contributed by atoms with E-state index in [0.717, 1.165) is 0 Å². The summed E-state index contributed by atoms with van der Waals surface area (Å²) in [6.45, 7) is 0.0922. The maximum atomic E-state index is 12.9. The van der Waals surface area contributed by atoms with Crippen LogP contribution in [0.4, 0.5) is 21.6 Å². The zero-order valence-electron chi connectivity index (χ0n) is 15.0. The van der Waals surface area contributed by atoms with Gasteiger partial charge in [-0.15, -0.1) is 0 Å². The van der Waals surface area contributed by atoms with E-state index in [1.165, 1.54) is 30.5 Å². The van der Waals surface area contributed by atoms with Crippen molar-refractivity contribution in [2.45, 2.75) is 11.6 Å². The zero-order chi connectivity index (χ0) is 20.4. The molecule has 10 heteroatoms. The summed E-state index contributed by atoms with van der Waals surface area (Å²) < 4.78 is 50.8. The molecular formula is C19H15FN4O4S. The number of nitrogens with zero attached hydrogens (tertiary/aromatic N) is 3. The molecule has 0 saturated heterocycles. The molecule has 0 radical (unpaired) electrons. The fraction of sp³-hybridized carbons (Fsp3) is 0.158. The van der Waals surface area contributed by atoms with Crippen LogP contribution in [0.2, 0.25) is 0 Å². The van der Waals surface area contributed by atoms with Crippen LogP contribution in [0.3, 0.4) is 0 Å². The molecule has 4 rings (SSSR count). The van der Waals surface area contributed by atoms with E-state index in [9.17, 15) is 18.1 Å². The largest absolute Gasteiger partial charge is 0.489 e. The normalized spacial score (nSPS) is 13.3. The maximum Gasteiger partial charge on any atom is 0.264 e. The summed E-state index contributed by atoms with van der Waals surface area (Å²) >= 11 is 0. The van der Waals surface area contributed by atoms with Gasteiger partial charge in [0.15, 0.2) is 0 Å². The van der Waals surface area contributed by atoms with Gasteiger partial charge < -0.3 is 14.2 Å². The molecule has 29 heavy (non-hydrogen) atoms. The van der Waals surface area contributed by atoms with Crippen LogP contribution < -0.4 is 14.4 Å². The number of nitriles is 1. The highest BCUT2D eigenvalue weighted by Gasteiger charge is 2.25. The zero-order valence-corrected chi connectivity index (χ0v) is 15.8. The summed E-state index contributed by atoms with van der Waals surface area (Å²) in [4.78, 5) is 1.84. The van der Waals surface area contributed by atoms with E-state index in [0.29, 0.717) is 41.4 Å². The van der Waals surface area contributed by atoms with Crippen molar-refractivity contribution in [1.82, 2.24) is 5.16 Å². The Balaban J connectivity index is 1.70. The standard InChI is InChI=1S/C19H15FN4O4S/c20-11-13-1-3-16(14(9-13)12-21)24-7-8-27-18-10-15(2-4-17(18)24)29(25,26)23-19-5-6-22-28-19/h1-6,9-10,23H,7-8,11H2. The molecule has 1 aromatic heterocycles. The molecule has 0 aliphatic carbocycles. The van der Waals surface area contributed by atoms with Crippen LogP contribution in [0.25, 0.3) is 0 Å². The van der Waals surface area contributed by atoms with Gasteiger partial charge in [0.1, 0.15) is 25.1 Å². The summed E-state index contributed by atoms with van der Waals surface area (Å²) in [7, 11) is -3.90. The van der Waals surface area contributed by atoms with Gasteiger partial charge in [-0.3, -0.25) is 0 Å². The Morgan fingerprint density at radius 1 is 1.21 bits per heavy atom. The molecule has 0 amide bonds. The Hall–Kier alpha value is -3.58. The fourth-order valence-corrected chi connectivity index (χ4v) is 4.07. The average molecular weight is 414 g/mol. The number of hydrogen-bond donors (Lipinski definition) is 1. The molecule has 2 aromatic carbocycles. The van der Waals surface area contributed by atoms with Crippen molar-refractivity contribution >= 4 is 27.3 Å².